The molecule has 2 bridgehead atoms. The summed E-state index contributed by atoms with van der Waals surface area (Å²) in [4.78, 5) is 22.7. The average molecular weight is 260 g/mol. The molecule has 0 aliphatic heterocycles. The van der Waals surface area contributed by atoms with Gasteiger partial charge in [0.2, 0.25) is 0 Å². The smallest absolute Gasteiger partial charge is 0.307 e. The SMILES string of the molecule is O=C(O)[C@H]1[C@H]2C[C@H]([C@@H]1C(=O)O)[C@H](c1ccccc1)C2. The van der Waals surface area contributed by atoms with E-state index >= 15 is 0 Å². The molecule has 4 nitrogen and oxygen atoms in total. The van der Waals surface area contributed by atoms with Gasteiger partial charge in [0, 0.05) is 0 Å². The van der Waals surface area contributed by atoms with Gasteiger partial charge in [0.15, 0.2) is 0 Å². The lowest BCUT2D eigenvalue weighted by Gasteiger charge is -2.31. The van der Waals surface area contributed by atoms with Crippen LogP contribution in [0.25, 0.3) is 0 Å². The summed E-state index contributed by atoms with van der Waals surface area (Å²) in [5.41, 5.74) is 1.14. The van der Waals surface area contributed by atoms with Crippen LogP contribution >= 0.6 is 0 Å². The normalized spacial score (nSPS) is 36.3. The molecule has 4 heteroatoms. The molecule has 0 aromatic heterocycles. The van der Waals surface area contributed by atoms with E-state index in [2.05, 4.69) is 0 Å². The minimum atomic E-state index is -0.958. The lowest BCUT2D eigenvalue weighted by molar-refractivity contribution is -0.156. The largest absolute Gasteiger partial charge is 0.481 e. The van der Waals surface area contributed by atoms with Gasteiger partial charge in [0.1, 0.15) is 0 Å². The number of hydrogen-bond acceptors (Lipinski definition) is 2. The Kier molecular flexibility index (Phi) is 2.81. The molecule has 3 rings (SSSR count). The first-order valence-electron chi connectivity index (χ1n) is 6.60. The van der Waals surface area contributed by atoms with Crippen LogP contribution in [0.2, 0.25) is 0 Å². The molecule has 1 aromatic carbocycles. The van der Waals surface area contributed by atoms with Crippen molar-refractivity contribution in [1.82, 2.24) is 0 Å². The van der Waals surface area contributed by atoms with Crippen LogP contribution < -0.4 is 0 Å². The van der Waals surface area contributed by atoms with Crippen molar-refractivity contribution in [2.75, 3.05) is 0 Å². The van der Waals surface area contributed by atoms with E-state index in [1.165, 1.54) is 0 Å². The molecule has 2 aliphatic rings. The molecule has 2 saturated carbocycles. The van der Waals surface area contributed by atoms with Gasteiger partial charge in [-0.3, -0.25) is 9.59 Å². The van der Waals surface area contributed by atoms with Gasteiger partial charge < -0.3 is 10.2 Å². The quantitative estimate of drug-likeness (QED) is 0.873. The summed E-state index contributed by atoms with van der Waals surface area (Å²) in [6, 6.07) is 9.86. The molecule has 2 N–H and O–H groups in total. The summed E-state index contributed by atoms with van der Waals surface area (Å²) < 4.78 is 0. The van der Waals surface area contributed by atoms with Gasteiger partial charge in [0.25, 0.3) is 0 Å². The molecule has 0 radical (unpaired) electrons. The molecule has 19 heavy (non-hydrogen) atoms. The Bertz CT molecular complexity index is 510. The minimum absolute atomic E-state index is 0.00815. The second-order valence-electron chi connectivity index (χ2n) is 5.64. The maximum atomic E-state index is 11.4. The van der Waals surface area contributed by atoms with Gasteiger partial charge in [-0.15, -0.1) is 0 Å². The molecule has 0 saturated heterocycles. The molecule has 2 aliphatic carbocycles. The Morgan fingerprint density at radius 3 is 2.16 bits per heavy atom. The number of carboxylic acid groups (broad SMARTS) is 2. The highest BCUT2D eigenvalue weighted by Crippen LogP contribution is 2.58. The van der Waals surface area contributed by atoms with Gasteiger partial charge in [0.05, 0.1) is 11.8 Å². The number of rotatable bonds is 3. The predicted molar refractivity (Wildman–Crippen MR) is 67.6 cm³/mol. The van der Waals surface area contributed by atoms with Gasteiger partial charge in [-0.05, 0) is 36.2 Å². The summed E-state index contributed by atoms with van der Waals surface area (Å²) in [7, 11) is 0. The molecule has 1 aromatic rings. The Hall–Kier alpha value is -1.84. The molecule has 0 amide bonds. The third-order valence-electron chi connectivity index (χ3n) is 4.80. The zero-order chi connectivity index (χ0) is 13.6. The Morgan fingerprint density at radius 2 is 1.58 bits per heavy atom. The molecular formula is C15H16O4. The van der Waals surface area contributed by atoms with E-state index in [1.807, 2.05) is 30.3 Å². The number of hydrogen-bond donors (Lipinski definition) is 2. The van der Waals surface area contributed by atoms with E-state index in [4.69, 9.17) is 0 Å². The highest BCUT2D eigenvalue weighted by atomic mass is 16.4. The third-order valence-corrected chi connectivity index (χ3v) is 4.80. The van der Waals surface area contributed by atoms with Crippen molar-refractivity contribution >= 4 is 11.9 Å². The van der Waals surface area contributed by atoms with Gasteiger partial charge in [-0.2, -0.15) is 0 Å². The molecular weight excluding hydrogens is 244 g/mol. The minimum Gasteiger partial charge on any atom is -0.481 e. The topological polar surface area (TPSA) is 74.6 Å². The fraction of sp³-hybridized carbons (Fsp3) is 0.467. The summed E-state index contributed by atoms with van der Waals surface area (Å²) >= 11 is 0. The Balaban J connectivity index is 1.92. The van der Waals surface area contributed by atoms with Crippen LogP contribution in [0.5, 0.6) is 0 Å². The van der Waals surface area contributed by atoms with Crippen molar-refractivity contribution in [2.45, 2.75) is 18.8 Å². The predicted octanol–water partition coefficient (Wildman–Crippen LogP) is 2.21. The number of fused-ring (bicyclic) bond motifs is 2. The highest BCUT2D eigenvalue weighted by molar-refractivity contribution is 5.82. The third kappa shape index (κ3) is 1.82. The lowest BCUT2D eigenvalue weighted by Crippen LogP contribution is -2.37. The van der Waals surface area contributed by atoms with Crippen molar-refractivity contribution in [3.05, 3.63) is 35.9 Å². The first kappa shape index (κ1) is 12.2. The summed E-state index contributed by atoms with van der Waals surface area (Å²) in [5.74, 6) is -3.18. The fourth-order valence-electron chi connectivity index (χ4n) is 4.14. The first-order chi connectivity index (χ1) is 9.09. The summed E-state index contributed by atoms with van der Waals surface area (Å²) in [6.07, 6.45) is 1.53. The number of benzene rings is 1. The van der Waals surface area contributed by atoms with E-state index in [1.54, 1.807) is 0 Å². The van der Waals surface area contributed by atoms with Crippen LogP contribution in [0.3, 0.4) is 0 Å². The van der Waals surface area contributed by atoms with Crippen LogP contribution in [0.4, 0.5) is 0 Å². The summed E-state index contributed by atoms with van der Waals surface area (Å²) in [5, 5.41) is 18.6. The molecule has 2 fully saturated rings. The maximum Gasteiger partial charge on any atom is 0.307 e. The maximum absolute atomic E-state index is 11.4. The molecule has 0 heterocycles. The zero-order valence-electron chi connectivity index (χ0n) is 10.4. The fourth-order valence-corrected chi connectivity index (χ4v) is 4.14. The van der Waals surface area contributed by atoms with Crippen LogP contribution in [-0.2, 0) is 9.59 Å². The van der Waals surface area contributed by atoms with E-state index in [0.29, 0.717) is 0 Å². The molecule has 100 valence electrons. The van der Waals surface area contributed by atoms with Gasteiger partial charge in [-0.25, -0.2) is 0 Å². The second kappa shape index (κ2) is 4.37. The number of carbonyl (C=O) groups is 2. The van der Waals surface area contributed by atoms with Gasteiger partial charge in [-0.1, -0.05) is 30.3 Å². The van der Waals surface area contributed by atoms with E-state index in [-0.39, 0.29) is 17.8 Å². The summed E-state index contributed by atoms with van der Waals surface area (Å²) in [6.45, 7) is 0. The Labute approximate surface area is 111 Å². The molecule has 5 atom stereocenters. The van der Waals surface area contributed by atoms with Crippen LogP contribution in [-0.4, -0.2) is 22.2 Å². The van der Waals surface area contributed by atoms with Crippen molar-refractivity contribution in [3.63, 3.8) is 0 Å². The van der Waals surface area contributed by atoms with Crippen molar-refractivity contribution < 1.29 is 19.8 Å². The first-order valence-corrected chi connectivity index (χ1v) is 6.60. The van der Waals surface area contributed by atoms with Crippen molar-refractivity contribution in [2.24, 2.45) is 23.7 Å². The number of carboxylic acids is 2. The van der Waals surface area contributed by atoms with Crippen molar-refractivity contribution in [3.8, 4) is 0 Å². The van der Waals surface area contributed by atoms with E-state index in [0.717, 1.165) is 18.4 Å². The lowest BCUT2D eigenvalue weighted by atomic mass is 9.71. The van der Waals surface area contributed by atoms with E-state index < -0.39 is 23.8 Å². The second-order valence-corrected chi connectivity index (χ2v) is 5.64. The van der Waals surface area contributed by atoms with E-state index in [9.17, 15) is 19.8 Å². The average Bonchev–Trinajstić information content (AvgIpc) is 2.96. The molecule has 0 unspecified atom stereocenters. The highest BCUT2D eigenvalue weighted by Gasteiger charge is 2.58. The molecule has 0 spiro atoms. The monoisotopic (exact) mass is 260 g/mol. The van der Waals surface area contributed by atoms with Gasteiger partial charge >= 0.3 is 11.9 Å². The Morgan fingerprint density at radius 1 is 0.947 bits per heavy atom. The standard InChI is InChI=1S/C15H16O4/c16-14(17)12-9-6-10(8-4-2-1-3-5-8)11(7-9)13(12)15(18)19/h1-5,9-13H,6-7H2,(H,16,17)(H,18,19)/t9-,10+,11+,12+,13+/m1/s1. The van der Waals surface area contributed by atoms with Crippen molar-refractivity contribution in [1.29, 1.82) is 0 Å². The van der Waals surface area contributed by atoms with Crippen LogP contribution in [0.15, 0.2) is 30.3 Å². The zero-order valence-corrected chi connectivity index (χ0v) is 10.4. The van der Waals surface area contributed by atoms with Crippen LogP contribution in [0, 0.1) is 23.7 Å². The number of aliphatic carboxylic acids is 2. The van der Waals surface area contributed by atoms with Crippen LogP contribution in [0.1, 0.15) is 24.3 Å².